The summed E-state index contributed by atoms with van der Waals surface area (Å²) in [6, 6.07) is 0. The molecule has 0 unspecified atom stereocenters. The molecule has 0 heterocycles. The molecule has 0 saturated heterocycles. The minimum absolute atomic E-state index is 0.383. The Labute approximate surface area is 72.8 Å². The van der Waals surface area contributed by atoms with E-state index in [9.17, 15) is 4.79 Å². The van der Waals surface area contributed by atoms with E-state index in [-0.39, 0.29) is 0 Å². The lowest BCUT2D eigenvalue weighted by atomic mass is 10.4. The number of hydrogen-bond acceptors (Lipinski definition) is 4. The number of carbonyl (C=O) groups excluding carboxylic acids is 1. The van der Waals surface area contributed by atoms with E-state index >= 15 is 0 Å². The molecule has 4 heteroatoms. The highest BCUT2D eigenvalue weighted by molar-refractivity contribution is 5.37. The summed E-state index contributed by atoms with van der Waals surface area (Å²) in [6.45, 7) is 3.77. The third-order valence-electron chi connectivity index (χ3n) is 1.23. The van der Waals surface area contributed by atoms with Crippen LogP contribution >= 0.6 is 0 Å². The Morgan fingerprint density at radius 2 is 1.75 bits per heavy atom. The first-order valence-corrected chi connectivity index (χ1v) is 3.97. The lowest BCUT2D eigenvalue weighted by molar-refractivity contribution is 0.0927. The summed E-state index contributed by atoms with van der Waals surface area (Å²) in [6.07, 6.45) is 1.62. The van der Waals surface area contributed by atoms with Gasteiger partial charge in [0, 0.05) is 33.4 Å². The van der Waals surface area contributed by atoms with Crippen molar-refractivity contribution in [2.24, 2.45) is 0 Å². The number of hydrogen-bond donors (Lipinski definition) is 0. The monoisotopic (exact) mass is 175 g/mol. The molecule has 0 bridgehead atoms. The van der Waals surface area contributed by atoms with Crippen LogP contribution in [0, 0.1) is 0 Å². The minimum atomic E-state index is 0.383. The topological polar surface area (TPSA) is 44.8 Å². The maximum Gasteiger partial charge on any atom is 0.417 e. The molecule has 0 amide bonds. The molecule has 12 heavy (non-hydrogen) atoms. The smallest absolute Gasteiger partial charge is 0.417 e. The molecule has 1 radical (unpaired) electrons. The summed E-state index contributed by atoms with van der Waals surface area (Å²) < 4.78 is 14.4. The molecule has 0 aromatic rings. The van der Waals surface area contributed by atoms with E-state index in [0.717, 1.165) is 19.4 Å². The van der Waals surface area contributed by atoms with E-state index < -0.39 is 0 Å². The van der Waals surface area contributed by atoms with Crippen molar-refractivity contribution in [3.05, 3.63) is 0 Å². The van der Waals surface area contributed by atoms with Gasteiger partial charge in [0.25, 0.3) is 0 Å². The van der Waals surface area contributed by atoms with Crippen LogP contribution in [-0.4, -0.2) is 40.0 Å². The van der Waals surface area contributed by atoms with Gasteiger partial charge >= 0.3 is 6.47 Å². The van der Waals surface area contributed by atoms with Crippen LogP contribution in [0.5, 0.6) is 0 Å². The van der Waals surface area contributed by atoms with Crippen LogP contribution in [0.15, 0.2) is 0 Å². The first-order valence-electron chi connectivity index (χ1n) is 3.97. The van der Waals surface area contributed by atoms with E-state index in [2.05, 4.69) is 4.74 Å². The molecule has 0 aromatic heterocycles. The highest BCUT2D eigenvalue weighted by atomic mass is 16.5. The van der Waals surface area contributed by atoms with Crippen molar-refractivity contribution in [3.8, 4) is 0 Å². The Morgan fingerprint density at radius 1 is 1.08 bits per heavy atom. The minimum Gasteiger partial charge on any atom is -0.457 e. The summed E-state index contributed by atoms with van der Waals surface area (Å²) in [4.78, 5) is 9.57. The Hall–Kier alpha value is -0.610. The van der Waals surface area contributed by atoms with Crippen LogP contribution < -0.4 is 0 Å². The van der Waals surface area contributed by atoms with Crippen LogP contribution in [0.1, 0.15) is 12.8 Å². The number of methoxy groups -OCH3 is 1. The predicted molar refractivity (Wildman–Crippen MR) is 43.6 cm³/mol. The highest BCUT2D eigenvalue weighted by Crippen LogP contribution is 1.87. The fourth-order valence-electron chi connectivity index (χ4n) is 0.682. The quantitative estimate of drug-likeness (QED) is 0.479. The van der Waals surface area contributed by atoms with Gasteiger partial charge in [0.15, 0.2) is 0 Å². The summed E-state index contributed by atoms with van der Waals surface area (Å²) in [5.74, 6) is 0. The first kappa shape index (κ1) is 11.4. The molecule has 0 fully saturated rings. The Morgan fingerprint density at radius 3 is 2.33 bits per heavy atom. The van der Waals surface area contributed by atoms with Crippen LogP contribution in [0.25, 0.3) is 0 Å². The largest absolute Gasteiger partial charge is 0.457 e. The van der Waals surface area contributed by atoms with Crippen molar-refractivity contribution < 1.29 is 19.0 Å². The Bertz CT molecular complexity index is 95.1. The predicted octanol–water partition coefficient (Wildman–Crippen LogP) is 0.513. The van der Waals surface area contributed by atoms with E-state index in [0.29, 0.717) is 19.8 Å². The van der Waals surface area contributed by atoms with E-state index in [4.69, 9.17) is 9.47 Å². The van der Waals surface area contributed by atoms with Gasteiger partial charge in [0.2, 0.25) is 0 Å². The van der Waals surface area contributed by atoms with Crippen molar-refractivity contribution >= 4 is 6.47 Å². The Balaban J connectivity index is 2.77. The van der Waals surface area contributed by atoms with Crippen molar-refractivity contribution in [1.82, 2.24) is 0 Å². The molecule has 0 aromatic carbocycles. The van der Waals surface area contributed by atoms with Crippen molar-refractivity contribution in [1.29, 1.82) is 0 Å². The van der Waals surface area contributed by atoms with Crippen molar-refractivity contribution in [2.45, 2.75) is 12.8 Å². The van der Waals surface area contributed by atoms with Gasteiger partial charge in [-0.1, -0.05) is 0 Å². The zero-order valence-electron chi connectivity index (χ0n) is 7.38. The third-order valence-corrected chi connectivity index (χ3v) is 1.23. The summed E-state index contributed by atoms with van der Waals surface area (Å²) >= 11 is 0. The fourth-order valence-corrected chi connectivity index (χ4v) is 0.682. The van der Waals surface area contributed by atoms with Crippen LogP contribution in [0.3, 0.4) is 0 Å². The molecule has 0 aliphatic heterocycles. The molecule has 0 aliphatic rings. The maximum absolute atomic E-state index is 9.57. The van der Waals surface area contributed by atoms with Crippen molar-refractivity contribution in [2.75, 3.05) is 33.5 Å². The van der Waals surface area contributed by atoms with Gasteiger partial charge in [-0.2, -0.15) is 0 Å². The molecular formula is C8H15O4. The van der Waals surface area contributed by atoms with E-state index in [1.54, 1.807) is 7.11 Å². The molecule has 0 aliphatic carbocycles. The second-order valence-corrected chi connectivity index (χ2v) is 2.24. The molecule has 0 spiro atoms. The first-order chi connectivity index (χ1) is 5.91. The zero-order chi connectivity index (χ0) is 9.07. The van der Waals surface area contributed by atoms with Gasteiger partial charge in [-0.3, -0.25) is 0 Å². The summed E-state index contributed by atoms with van der Waals surface area (Å²) in [7, 11) is 1.66. The number of ether oxygens (including phenoxy) is 3. The molecule has 0 rings (SSSR count). The second kappa shape index (κ2) is 10.4. The standard InChI is InChI=1S/C8H15O4/c1-10-4-2-5-11-6-3-7-12-8-9/h2-7H2,1H3. The van der Waals surface area contributed by atoms with Gasteiger partial charge in [0.1, 0.15) is 0 Å². The molecular weight excluding hydrogens is 160 g/mol. The van der Waals surface area contributed by atoms with Crippen LogP contribution in [-0.2, 0) is 19.0 Å². The van der Waals surface area contributed by atoms with Gasteiger partial charge in [0.05, 0.1) is 6.61 Å². The average Bonchev–Trinajstić information content (AvgIpc) is 2.10. The fraction of sp³-hybridized carbons (Fsp3) is 0.875. The molecule has 71 valence electrons. The third kappa shape index (κ3) is 9.39. The summed E-state index contributed by atoms with van der Waals surface area (Å²) in [5, 5.41) is 0. The molecule has 0 saturated carbocycles. The molecule has 0 atom stereocenters. The number of rotatable bonds is 9. The van der Waals surface area contributed by atoms with Gasteiger partial charge in [-0.15, -0.1) is 0 Å². The SMILES string of the molecule is COCCCOCCCO[C]=O. The van der Waals surface area contributed by atoms with Gasteiger partial charge in [-0.25, -0.2) is 4.79 Å². The lowest BCUT2D eigenvalue weighted by Gasteiger charge is -2.02. The molecule has 4 nitrogen and oxygen atoms in total. The molecule has 0 N–H and O–H groups in total. The van der Waals surface area contributed by atoms with E-state index in [1.165, 1.54) is 6.47 Å². The maximum atomic E-state index is 9.57. The zero-order valence-corrected chi connectivity index (χ0v) is 7.38. The highest BCUT2D eigenvalue weighted by Gasteiger charge is 1.89. The van der Waals surface area contributed by atoms with E-state index in [1.807, 2.05) is 0 Å². The van der Waals surface area contributed by atoms with Gasteiger partial charge in [-0.05, 0) is 6.42 Å². The normalized spacial score (nSPS) is 9.75. The average molecular weight is 175 g/mol. The van der Waals surface area contributed by atoms with Gasteiger partial charge < -0.3 is 14.2 Å². The van der Waals surface area contributed by atoms with Crippen molar-refractivity contribution in [3.63, 3.8) is 0 Å². The van der Waals surface area contributed by atoms with Crippen LogP contribution in [0.4, 0.5) is 0 Å². The Kier molecular flexibility index (Phi) is 9.86. The summed E-state index contributed by atoms with van der Waals surface area (Å²) in [5.41, 5.74) is 0. The van der Waals surface area contributed by atoms with Crippen LogP contribution in [0.2, 0.25) is 0 Å². The lowest BCUT2D eigenvalue weighted by Crippen LogP contribution is -2.03. The second-order valence-electron chi connectivity index (χ2n) is 2.24.